The number of hydrogen-bond acceptors (Lipinski definition) is 3. The largest absolute Gasteiger partial charge is 0.368 e. The van der Waals surface area contributed by atoms with Crippen LogP contribution in [-0.2, 0) is 17.8 Å². The first kappa shape index (κ1) is 16.3. The maximum absolute atomic E-state index is 13.2. The van der Waals surface area contributed by atoms with Gasteiger partial charge in [-0.3, -0.25) is 14.6 Å². The number of aryl methyl sites for hydroxylation is 1. The summed E-state index contributed by atoms with van der Waals surface area (Å²) in [6, 6.07) is 14.6. The van der Waals surface area contributed by atoms with Crippen LogP contribution in [0.4, 0.5) is 0 Å². The first-order valence-electron chi connectivity index (χ1n) is 8.57. The third-order valence-electron chi connectivity index (χ3n) is 5.04. The minimum Gasteiger partial charge on any atom is -0.368 e. The maximum Gasteiger partial charge on any atom is 0.254 e. The van der Waals surface area contributed by atoms with E-state index in [0.29, 0.717) is 18.5 Å². The number of nitrogens with zero attached hydrogens (tertiary/aromatic N) is 2. The van der Waals surface area contributed by atoms with E-state index < -0.39 is 11.9 Å². The van der Waals surface area contributed by atoms with E-state index in [1.54, 1.807) is 17.2 Å². The van der Waals surface area contributed by atoms with Gasteiger partial charge >= 0.3 is 0 Å². The van der Waals surface area contributed by atoms with Gasteiger partial charge in [0.25, 0.3) is 5.91 Å². The van der Waals surface area contributed by atoms with Crippen LogP contribution in [0.2, 0.25) is 0 Å². The van der Waals surface area contributed by atoms with Gasteiger partial charge in [0.05, 0.1) is 5.52 Å². The molecule has 2 heterocycles. The van der Waals surface area contributed by atoms with Crippen LogP contribution >= 0.6 is 0 Å². The molecule has 2 amide bonds. The number of nitrogens with two attached hydrogens (primary N) is 1. The minimum absolute atomic E-state index is 0.187. The highest BCUT2D eigenvalue weighted by molar-refractivity contribution is 6.00. The van der Waals surface area contributed by atoms with Crippen molar-refractivity contribution in [3.05, 3.63) is 77.0 Å². The highest BCUT2D eigenvalue weighted by Gasteiger charge is 2.33. The van der Waals surface area contributed by atoms with Gasteiger partial charge in [-0.2, -0.15) is 0 Å². The molecule has 0 radical (unpaired) electrons. The van der Waals surface area contributed by atoms with Crippen LogP contribution in [0, 0.1) is 6.92 Å². The zero-order valence-electron chi connectivity index (χ0n) is 14.5. The van der Waals surface area contributed by atoms with E-state index in [-0.39, 0.29) is 5.91 Å². The lowest BCUT2D eigenvalue weighted by atomic mass is 9.93. The molecular formula is C21H19N3O2. The van der Waals surface area contributed by atoms with Crippen LogP contribution in [0.25, 0.3) is 10.9 Å². The molecule has 26 heavy (non-hydrogen) atoms. The molecule has 0 saturated carbocycles. The fourth-order valence-electron chi connectivity index (χ4n) is 3.57. The summed E-state index contributed by atoms with van der Waals surface area (Å²) in [4.78, 5) is 31.1. The molecule has 0 bridgehead atoms. The lowest BCUT2D eigenvalue weighted by Gasteiger charge is -2.35. The molecule has 1 aliphatic heterocycles. The van der Waals surface area contributed by atoms with Gasteiger partial charge in [-0.05, 0) is 47.9 Å². The average Bonchev–Trinajstić information content (AvgIpc) is 2.66. The third kappa shape index (κ3) is 2.71. The van der Waals surface area contributed by atoms with E-state index in [9.17, 15) is 9.59 Å². The van der Waals surface area contributed by atoms with Crippen molar-refractivity contribution in [2.24, 2.45) is 5.73 Å². The second kappa shape index (κ2) is 6.26. The Bertz CT molecular complexity index is 1030. The molecule has 1 aliphatic rings. The van der Waals surface area contributed by atoms with E-state index in [0.717, 1.165) is 27.6 Å². The lowest BCUT2D eigenvalue weighted by molar-refractivity contribution is -0.122. The Morgan fingerprint density at radius 2 is 1.88 bits per heavy atom. The summed E-state index contributed by atoms with van der Waals surface area (Å²) in [6.07, 6.45) is 2.20. The Labute approximate surface area is 151 Å². The van der Waals surface area contributed by atoms with Crippen LogP contribution in [0.1, 0.15) is 27.0 Å². The number of rotatable bonds is 2. The van der Waals surface area contributed by atoms with Crippen molar-refractivity contribution >= 4 is 22.7 Å². The number of pyridine rings is 1. The molecule has 1 aromatic heterocycles. The van der Waals surface area contributed by atoms with E-state index >= 15 is 0 Å². The van der Waals surface area contributed by atoms with Crippen molar-refractivity contribution in [2.75, 3.05) is 0 Å². The number of carbonyl (C=O) groups excluding carboxylic acids is 2. The van der Waals surface area contributed by atoms with Crippen molar-refractivity contribution in [3.63, 3.8) is 0 Å². The molecule has 0 fully saturated rings. The highest BCUT2D eigenvalue weighted by Crippen LogP contribution is 2.26. The normalized spacial score (nSPS) is 16.3. The topological polar surface area (TPSA) is 76.3 Å². The number of carbonyl (C=O) groups is 2. The van der Waals surface area contributed by atoms with Crippen LogP contribution in [0.5, 0.6) is 0 Å². The summed E-state index contributed by atoms with van der Waals surface area (Å²) in [7, 11) is 0. The molecule has 5 nitrogen and oxygen atoms in total. The van der Waals surface area contributed by atoms with Gasteiger partial charge in [0.15, 0.2) is 0 Å². The molecule has 5 heteroatoms. The highest BCUT2D eigenvalue weighted by atomic mass is 16.2. The van der Waals surface area contributed by atoms with Gasteiger partial charge in [0.1, 0.15) is 6.04 Å². The Balaban J connectivity index is 1.74. The monoisotopic (exact) mass is 345 g/mol. The summed E-state index contributed by atoms with van der Waals surface area (Å²) < 4.78 is 0. The number of fused-ring (bicyclic) bond motifs is 2. The average molecular weight is 345 g/mol. The van der Waals surface area contributed by atoms with E-state index in [2.05, 4.69) is 4.98 Å². The quantitative estimate of drug-likeness (QED) is 0.775. The molecule has 2 aromatic carbocycles. The number of primary amides is 1. The van der Waals surface area contributed by atoms with Crippen molar-refractivity contribution in [1.29, 1.82) is 0 Å². The predicted octanol–water partition coefficient (Wildman–Crippen LogP) is 2.60. The molecule has 0 unspecified atom stereocenters. The van der Waals surface area contributed by atoms with Crippen molar-refractivity contribution < 1.29 is 9.59 Å². The van der Waals surface area contributed by atoms with Crippen LogP contribution < -0.4 is 5.73 Å². The molecule has 130 valence electrons. The van der Waals surface area contributed by atoms with E-state index in [1.807, 2.05) is 49.4 Å². The molecule has 4 rings (SSSR count). The fraction of sp³-hybridized carbons (Fsp3) is 0.190. The molecular weight excluding hydrogens is 326 g/mol. The SMILES string of the molecule is Cc1ccnc2ccc(C(=O)N3Cc4ccccc4C[C@H]3C(N)=O)cc12. The predicted molar refractivity (Wildman–Crippen MR) is 99.5 cm³/mol. The molecule has 0 saturated heterocycles. The molecule has 0 aliphatic carbocycles. The van der Waals surface area contributed by atoms with Gasteiger partial charge in [0, 0.05) is 30.1 Å². The Hall–Kier alpha value is -3.21. The molecule has 0 spiro atoms. The smallest absolute Gasteiger partial charge is 0.254 e. The summed E-state index contributed by atoms with van der Waals surface area (Å²) >= 11 is 0. The van der Waals surface area contributed by atoms with Crippen molar-refractivity contribution in [3.8, 4) is 0 Å². The van der Waals surface area contributed by atoms with Crippen LogP contribution in [0.15, 0.2) is 54.7 Å². The third-order valence-corrected chi connectivity index (χ3v) is 5.04. The standard InChI is InChI=1S/C21H19N3O2/c1-13-8-9-23-18-7-6-15(10-17(13)18)21(26)24-12-16-5-3-2-4-14(16)11-19(24)20(22)25/h2-10,19H,11-12H2,1H3,(H2,22,25)/t19-/m0/s1. The van der Waals surface area contributed by atoms with Crippen LogP contribution in [-0.4, -0.2) is 27.7 Å². The zero-order valence-corrected chi connectivity index (χ0v) is 14.5. The van der Waals surface area contributed by atoms with Crippen molar-refractivity contribution in [2.45, 2.75) is 25.9 Å². The van der Waals surface area contributed by atoms with Gasteiger partial charge in [-0.15, -0.1) is 0 Å². The molecule has 2 N–H and O–H groups in total. The first-order chi connectivity index (χ1) is 12.5. The Morgan fingerprint density at radius 1 is 1.12 bits per heavy atom. The van der Waals surface area contributed by atoms with E-state index in [4.69, 9.17) is 5.73 Å². The Morgan fingerprint density at radius 3 is 2.65 bits per heavy atom. The van der Waals surface area contributed by atoms with Gasteiger partial charge in [-0.1, -0.05) is 24.3 Å². The summed E-state index contributed by atoms with van der Waals surface area (Å²) in [5.41, 5.74) is 10.2. The van der Waals surface area contributed by atoms with Crippen LogP contribution in [0.3, 0.4) is 0 Å². The first-order valence-corrected chi connectivity index (χ1v) is 8.57. The zero-order chi connectivity index (χ0) is 18.3. The number of benzene rings is 2. The van der Waals surface area contributed by atoms with Crippen molar-refractivity contribution in [1.82, 2.24) is 9.88 Å². The number of aromatic nitrogens is 1. The van der Waals surface area contributed by atoms with E-state index in [1.165, 1.54) is 0 Å². The molecule has 1 atom stereocenters. The van der Waals surface area contributed by atoms with Gasteiger partial charge < -0.3 is 10.6 Å². The number of amides is 2. The summed E-state index contributed by atoms with van der Waals surface area (Å²) in [5, 5.41) is 0.936. The maximum atomic E-state index is 13.2. The Kier molecular flexibility index (Phi) is 3.92. The second-order valence-electron chi connectivity index (χ2n) is 6.68. The van der Waals surface area contributed by atoms with Gasteiger partial charge in [0.2, 0.25) is 5.91 Å². The molecule has 3 aromatic rings. The minimum atomic E-state index is -0.636. The summed E-state index contributed by atoms with van der Waals surface area (Å²) in [5.74, 6) is -0.667. The van der Waals surface area contributed by atoms with Gasteiger partial charge in [-0.25, -0.2) is 0 Å². The number of hydrogen-bond donors (Lipinski definition) is 1. The second-order valence-corrected chi connectivity index (χ2v) is 6.68. The fourth-order valence-corrected chi connectivity index (χ4v) is 3.57. The summed E-state index contributed by atoms with van der Waals surface area (Å²) in [6.45, 7) is 2.37. The lowest BCUT2D eigenvalue weighted by Crippen LogP contribution is -2.51.